The highest BCUT2D eigenvalue weighted by atomic mass is 79.9. The average molecular weight is 431 g/mol. The largest absolute Gasteiger partial charge is 0.322 e. The van der Waals surface area contributed by atoms with Crippen molar-refractivity contribution in [2.24, 2.45) is 0 Å². The molecule has 2 N–H and O–H groups in total. The standard InChI is InChI=1S/C19H15BrN2O3S/c20-14-7-6-8-15(13-14)21-19(23)17-11-4-5-12-18(17)22-26(24,25)16-9-2-1-3-10-16/h1-13,22H,(H,21,23). The molecule has 7 heteroatoms. The molecule has 0 atom stereocenters. The van der Waals surface area contributed by atoms with E-state index in [-0.39, 0.29) is 16.1 Å². The Bertz CT molecular complexity index is 1040. The van der Waals surface area contributed by atoms with E-state index in [1.165, 1.54) is 12.1 Å². The summed E-state index contributed by atoms with van der Waals surface area (Å²) >= 11 is 3.35. The highest BCUT2D eigenvalue weighted by Gasteiger charge is 2.18. The van der Waals surface area contributed by atoms with E-state index in [0.29, 0.717) is 5.69 Å². The maximum Gasteiger partial charge on any atom is 0.261 e. The van der Waals surface area contributed by atoms with Crippen molar-refractivity contribution in [3.63, 3.8) is 0 Å². The molecule has 5 nitrogen and oxygen atoms in total. The van der Waals surface area contributed by atoms with Gasteiger partial charge in [0, 0.05) is 10.2 Å². The number of nitrogens with one attached hydrogen (secondary N) is 2. The molecule has 0 aromatic heterocycles. The van der Waals surface area contributed by atoms with Gasteiger partial charge in [-0.05, 0) is 42.5 Å². The second-order valence-electron chi connectivity index (χ2n) is 5.43. The quantitative estimate of drug-likeness (QED) is 0.625. The number of benzene rings is 3. The van der Waals surface area contributed by atoms with E-state index in [1.54, 1.807) is 60.7 Å². The van der Waals surface area contributed by atoms with Gasteiger partial charge < -0.3 is 5.32 Å². The molecule has 0 unspecified atom stereocenters. The third-order valence-corrected chi connectivity index (χ3v) is 5.43. The van der Waals surface area contributed by atoms with Crippen molar-refractivity contribution in [2.45, 2.75) is 4.90 Å². The van der Waals surface area contributed by atoms with Crippen molar-refractivity contribution in [3.8, 4) is 0 Å². The number of amides is 1. The molecule has 0 saturated carbocycles. The van der Waals surface area contributed by atoms with Crippen LogP contribution in [-0.2, 0) is 10.0 Å². The van der Waals surface area contributed by atoms with E-state index in [9.17, 15) is 13.2 Å². The van der Waals surface area contributed by atoms with Crippen LogP contribution in [0.1, 0.15) is 10.4 Å². The first-order valence-electron chi connectivity index (χ1n) is 7.69. The smallest absolute Gasteiger partial charge is 0.261 e. The van der Waals surface area contributed by atoms with Gasteiger partial charge in [-0.2, -0.15) is 0 Å². The molecule has 0 fully saturated rings. The summed E-state index contributed by atoms with van der Waals surface area (Å²) in [6, 6.07) is 21.6. The number of para-hydroxylation sites is 1. The predicted octanol–water partition coefficient (Wildman–Crippen LogP) is 4.50. The topological polar surface area (TPSA) is 75.3 Å². The van der Waals surface area contributed by atoms with Crippen molar-refractivity contribution < 1.29 is 13.2 Å². The molecule has 3 rings (SSSR count). The zero-order valence-electron chi connectivity index (χ0n) is 13.5. The number of rotatable bonds is 5. The predicted molar refractivity (Wildman–Crippen MR) is 106 cm³/mol. The Morgan fingerprint density at radius 2 is 1.54 bits per heavy atom. The molecule has 0 heterocycles. The summed E-state index contributed by atoms with van der Waals surface area (Å²) in [5.74, 6) is -0.408. The molecule has 1 amide bonds. The van der Waals surface area contributed by atoms with Crippen LogP contribution >= 0.6 is 15.9 Å². The number of halogens is 1. The van der Waals surface area contributed by atoms with Crippen molar-refractivity contribution in [1.82, 2.24) is 0 Å². The van der Waals surface area contributed by atoms with E-state index >= 15 is 0 Å². The van der Waals surface area contributed by atoms with Gasteiger partial charge in [-0.3, -0.25) is 9.52 Å². The first-order chi connectivity index (χ1) is 12.5. The molecule has 3 aromatic carbocycles. The molecule has 0 aliphatic heterocycles. The van der Waals surface area contributed by atoms with Crippen molar-refractivity contribution in [3.05, 3.63) is 88.9 Å². The SMILES string of the molecule is O=C(Nc1cccc(Br)c1)c1ccccc1NS(=O)(=O)c1ccccc1. The van der Waals surface area contributed by atoms with E-state index in [0.717, 1.165) is 4.47 Å². The van der Waals surface area contributed by atoms with Gasteiger partial charge in [-0.25, -0.2) is 8.42 Å². The Labute approximate surface area is 160 Å². The van der Waals surface area contributed by atoms with Crippen LogP contribution in [0.15, 0.2) is 88.2 Å². The number of hydrogen-bond donors (Lipinski definition) is 2. The van der Waals surface area contributed by atoms with Gasteiger partial charge in [0.1, 0.15) is 0 Å². The van der Waals surface area contributed by atoms with Gasteiger partial charge in [0.05, 0.1) is 16.1 Å². The lowest BCUT2D eigenvalue weighted by Gasteiger charge is -2.13. The Kier molecular flexibility index (Phi) is 5.39. The molecule has 0 radical (unpaired) electrons. The monoisotopic (exact) mass is 430 g/mol. The maximum absolute atomic E-state index is 12.6. The fraction of sp³-hybridized carbons (Fsp3) is 0. The molecule has 0 aliphatic carbocycles. The van der Waals surface area contributed by atoms with Crippen molar-refractivity contribution in [1.29, 1.82) is 0 Å². The number of sulfonamides is 1. The van der Waals surface area contributed by atoms with Gasteiger partial charge >= 0.3 is 0 Å². The van der Waals surface area contributed by atoms with Crippen LogP contribution in [0.2, 0.25) is 0 Å². The van der Waals surface area contributed by atoms with Gasteiger partial charge in [-0.15, -0.1) is 0 Å². The maximum atomic E-state index is 12.6. The van der Waals surface area contributed by atoms with Crippen molar-refractivity contribution >= 4 is 43.2 Å². The summed E-state index contributed by atoms with van der Waals surface area (Å²) in [7, 11) is -3.79. The third kappa shape index (κ3) is 4.30. The molecule has 26 heavy (non-hydrogen) atoms. The van der Waals surface area contributed by atoms with Crippen molar-refractivity contribution in [2.75, 3.05) is 10.0 Å². The molecule has 0 bridgehead atoms. The van der Waals surface area contributed by atoms with Crippen LogP contribution in [0, 0.1) is 0 Å². The zero-order chi connectivity index (χ0) is 18.6. The van der Waals surface area contributed by atoms with Crippen LogP contribution < -0.4 is 10.0 Å². The van der Waals surface area contributed by atoms with Crippen LogP contribution in [0.3, 0.4) is 0 Å². The summed E-state index contributed by atoms with van der Waals surface area (Å²) in [4.78, 5) is 12.7. The number of hydrogen-bond acceptors (Lipinski definition) is 3. The minimum absolute atomic E-state index is 0.127. The van der Waals surface area contributed by atoms with Gasteiger partial charge in [0.15, 0.2) is 0 Å². The number of carbonyl (C=O) groups excluding carboxylic acids is 1. The number of anilines is 2. The average Bonchev–Trinajstić information content (AvgIpc) is 2.62. The van der Waals surface area contributed by atoms with Crippen LogP contribution in [0.5, 0.6) is 0 Å². The lowest BCUT2D eigenvalue weighted by atomic mass is 10.1. The second-order valence-corrected chi connectivity index (χ2v) is 8.03. The van der Waals surface area contributed by atoms with Crippen LogP contribution in [0.4, 0.5) is 11.4 Å². The Morgan fingerprint density at radius 1 is 0.846 bits per heavy atom. The molecular formula is C19H15BrN2O3S. The lowest BCUT2D eigenvalue weighted by molar-refractivity contribution is 0.102. The van der Waals surface area contributed by atoms with Crippen LogP contribution in [0.25, 0.3) is 0 Å². The fourth-order valence-corrected chi connectivity index (χ4v) is 3.84. The lowest BCUT2D eigenvalue weighted by Crippen LogP contribution is -2.18. The van der Waals surface area contributed by atoms with Gasteiger partial charge in [-0.1, -0.05) is 52.3 Å². The first-order valence-corrected chi connectivity index (χ1v) is 9.97. The highest BCUT2D eigenvalue weighted by molar-refractivity contribution is 9.10. The Balaban J connectivity index is 1.88. The zero-order valence-corrected chi connectivity index (χ0v) is 15.9. The second kappa shape index (κ2) is 7.72. The molecule has 0 aliphatic rings. The summed E-state index contributed by atoms with van der Waals surface area (Å²) in [5, 5.41) is 2.76. The molecule has 0 saturated heterocycles. The minimum atomic E-state index is -3.79. The molecule has 3 aromatic rings. The first kappa shape index (κ1) is 18.2. The summed E-state index contributed by atoms with van der Waals surface area (Å²) in [6.45, 7) is 0. The van der Waals surface area contributed by atoms with E-state index in [2.05, 4.69) is 26.0 Å². The molecular weight excluding hydrogens is 416 g/mol. The number of carbonyl (C=O) groups is 1. The van der Waals surface area contributed by atoms with Gasteiger partial charge in [0.2, 0.25) is 0 Å². The minimum Gasteiger partial charge on any atom is -0.322 e. The summed E-state index contributed by atoms with van der Waals surface area (Å²) in [6.07, 6.45) is 0. The third-order valence-electron chi connectivity index (χ3n) is 3.55. The highest BCUT2D eigenvalue weighted by Crippen LogP contribution is 2.22. The van der Waals surface area contributed by atoms with E-state index in [1.807, 2.05) is 6.07 Å². The Hall–Kier alpha value is -2.64. The summed E-state index contributed by atoms with van der Waals surface area (Å²) in [5.41, 5.74) is 1.04. The summed E-state index contributed by atoms with van der Waals surface area (Å²) < 4.78 is 28.4. The van der Waals surface area contributed by atoms with E-state index in [4.69, 9.17) is 0 Å². The van der Waals surface area contributed by atoms with E-state index < -0.39 is 15.9 Å². The van der Waals surface area contributed by atoms with Crippen LogP contribution in [-0.4, -0.2) is 14.3 Å². The molecule has 0 spiro atoms. The molecule has 132 valence electrons. The van der Waals surface area contributed by atoms with Gasteiger partial charge in [0.25, 0.3) is 15.9 Å². The normalized spacial score (nSPS) is 11.0. The fourth-order valence-electron chi connectivity index (χ4n) is 2.34. The Morgan fingerprint density at radius 3 is 2.27 bits per heavy atom.